The summed E-state index contributed by atoms with van der Waals surface area (Å²) in [6.07, 6.45) is 3.92. The lowest BCUT2D eigenvalue weighted by Gasteiger charge is -2.36. The van der Waals surface area contributed by atoms with E-state index in [1.807, 2.05) is 6.92 Å². The molecule has 1 aliphatic rings. The minimum atomic E-state index is -0.781. The van der Waals surface area contributed by atoms with Crippen molar-refractivity contribution in [3.63, 3.8) is 0 Å². The van der Waals surface area contributed by atoms with Crippen LogP contribution in [0.5, 0.6) is 0 Å². The van der Waals surface area contributed by atoms with Crippen LogP contribution in [0.1, 0.15) is 46.5 Å². The number of hydrogen-bond acceptors (Lipinski definition) is 4. The molecule has 2 unspecified atom stereocenters. The second-order valence-corrected chi connectivity index (χ2v) is 5.79. The van der Waals surface area contributed by atoms with Crippen LogP contribution in [0.25, 0.3) is 0 Å². The van der Waals surface area contributed by atoms with E-state index < -0.39 is 5.54 Å². The quantitative estimate of drug-likeness (QED) is 0.585. The highest BCUT2D eigenvalue weighted by atomic mass is 16.6. The maximum atomic E-state index is 12.0. The van der Waals surface area contributed by atoms with Gasteiger partial charge in [-0.25, -0.2) is 0 Å². The Kier molecular flexibility index (Phi) is 6.09. The topological polar surface area (TPSA) is 61.5 Å². The van der Waals surface area contributed by atoms with Gasteiger partial charge < -0.3 is 15.2 Å². The average Bonchev–Trinajstić information content (AvgIpc) is 2.32. The first-order chi connectivity index (χ1) is 8.47. The summed E-state index contributed by atoms with van der Waals surface area (Å²) in [5, 5.41) is 0. The highest BCUT2D eigenvalue weighted by Crippen LogP contribution is 2.32. The molecule has 2 N–H and O–H groups in total. The Morgan fingerprint density at radius 1 is 1.39 bits per heavy atom. The number of rotatable bonds is 6. The molecular weight excluding hydrogens is 230 g/mol. The van der Waals surface area contributed by atoms with Gasteiger partial charge in [0, 0.05) is 6.61 Å². The second kappa shape index (κ2) is 7.10. The lowest BCUT2D eigenvalue weighted by Crippen LogP contribution is -2.55. The molecule has 1 fully saturated rings. The largest absolute Gasteiger partial charge is 0.462 e. The van der Waals surface area contributed by atoms with Crippen LogP contribution in [-0.4, -0.2) is 31.3 Å². The van der Waals surface area contributed by atoms with Crippen molar-refractivity contribution in [1.82, 2.24) is 0 Å². The molecule has 4 heteroatoms. The van der Waals surface area contributed by atoms with Crippen LogP contribution in [0.2, 0.25) is 0 Å². The summed E-state index contributed by atoms with van der Waals surface area (Å²) in [4.78, 5) is 12.0. The number of ether oxygens (including phenoxy) is 2. The summed E-state index contributed by atoms with van der Waals surface area (Å²) in [6, 6.07) is 0. The molecule has 0 aliphatic heterocycles. The molecule has 18 heavy (non-hydrogen) atoms. The molecule has 1 rings (SSSR count). The zero-order valence-electron chi connectivity index (χ0n) is 11.9. The molecule has 0 bridgehead atoms. The molecule has 0 heterocycles. The monoisotopic (exact) mass is 257 g/mol. The van der Waals surface area contributed by atoms with Gasteiger partial charge in [-0.2, -0.15) is 0 Å². The lowest BCUT2D eigenvalue weighted by molar-refractivity contribution is -0.155. The molecule has 0 radical (unpaired) electrons. The smallest absolute Gasteiger partial charge is 0.326 e. The van der Waals surface area contributed by atoms with E-state index in [-0.39, 0.29) is 11.9 Å². The van der Waals surface area contributed by atoms with Crippen molar-refractivity contribution >= 4 is 5.97 Å². The molecule has 0 amide bonds. The Bertz CT molecular complexity index is 268. The Morgan fingerprint density at radius 3 is 2.72 bits per heavy atom. The van der Waals surface area contributed by atoms with Crippen molar-refractivity contribution in [3.8, 4) is 0 Å². The number of hydrogen-bond donors (Lipinski definition) is 1. The second-order valence-electron chi connectivity index (χ2n) is 5.79. The fraction of sp³-hybridized carbons (Fsp3) is 0.929. The van der Waals surface area contributed by atoms with Crippen LogP contribution >= 0.6 is 0 Å². The zero-order valence-corrected chi connectivity index (χ0v) is 11.9. The molecule has 0 saturated heterocycles. The molecule has 0 aromatic heterocycles. The number of carbonyl (C=O) groups is 1. The fourth-order valence-corrected chi connectivity index (χ4v) is 2.32. The maximum absolute atomic E-state index is 12.0. The van der Waals surface area contributed by atoms with Crippen LogP contribution in [0.4, 0.5) is 0 Å². The molecule has 2 atom stereocenters. The van der Waals surface area contributed by atoms with E-state index in [0.29, 0.717) is 25.7 Å². The standard InChI is InChI=1S/C14H27NO3/c1-11(2)10-17-8-9-18-13(16)14(15)7-5-4-6-12(14)3/h11-12H,4-10,15H2,1-3H3. The third kappa shape index (κ3) is 4.25. The van der Waals surface area contributed by atoms with E-state index in [2.05, 4.69) is 13.8 Å². The van der Waals surface area contributed by atoms with Crippen molar-refractivity contribution < 1.29 is 14.3 Å². The van der Waals surface area contributed by atoms with Gasteiger partial charge in [0.2, 0.25) is 0 Å². The van der Waals surface area contributed by atoms with Crippen molar-refractivity contribution in [2.75, 3.05) is 19.8 Å². The van der Waals surface area contributed by atoms with Crippen molar-refractivity contribution in [2.45, 2.75) is 52.0 Å². The predicted octanol–water partition coefficient (Wildman–Crippen LogP) is 2.11. The van der Waals surface area contributed by atoms with Gasteiger partial charge >= 0.3 is 5.97 Å². The lowest BCUT2D eigenvalue weighted by atomic mass is 9.74. The van der Waals surface area contributed by atoms with Crippen LogP contribution in [0.3, 0.4) is 0 Å². The van der Waals surface area contributed by atoms with E-state index in [1.165, 1.54) is 0 Å². The van der Waals surface area contributed by atoms with E-state index in [0.717, 1.165) is 25.7 Å². The maximum Gasteiger partial charge on any atom is 0.326 e. The number of nitrogens with two attached hydrogens (primary N) is 1. The molecular formula is C14H27NO3. The van der Waals surface area contributed by atoms with Gasteiger partial charge in [-0.05, 0) is 24.7 Å². The summed E-state index contributed by atoms with van der Waals surface area (Å²) < 4.78 is 10.6. The van der Waals surface area contributed by atoms with E-state index in [4.69, 9.17) is 15.2 Å². The van der Waals surface area contributed by atoms with E-state index in [1.54, 1.807) is 0 Å². The highest BCUT2D eigenvalue weighted by molar-refractivity contribution is 5.81. The highest BCUT2D eigenvalue weighted by Gasteiger charge is 2.42. The summed E-state index contributed by atoms with van der Waals surface area (Å²) in [6.45, 7) is 7.66. The molecule has 0 aromatic rings. The van der Waals surface area contributed by atoms with Crippen LogP contribution in [-0.2, 0) is 14.3 Å². The van der Waals surface area contributed by atoms with Gasteiger partial charge in [0.05, 0.1) is 6.61 Å². The predicted molar refractivity (Wildman–Crippen MR) is 71.2 cm³/mol. The van der Waals surface area contributed by atoms with E-state index in [9.17, 15) is 4.79 Å². The van der Waals surface area contributed by atoms with Gasteiger partial charge in [-0.15, -0.1) is 0 Å². The summed E-state index contributed by atoms with van der Waals surface area (Å²) in [5.74, 6) is 0.443. The average molecular weight is 257 g/mol. The Hall–Kier alpha value is -0.610. The number of esters is 1. The Labute approximate surface area is 110 Å². The van der Waals surface area contributed by atoms with Crippen molar-refractivity contribution in [2.24, 2.45) is 17.6 Å². The molecule has 106 valence electrons. The molecule has 1 aliphatic carbocycles. The van der Waals surface area contributed by atoms with Crippen LogP contribution in [0, 0.1) is 11.8 Å². The summed E-state index contributed by atoms with van der Waals surface area (Å²) in [5.41, 5.74) is 5.41. The zero-order chi connectivity index (χ0) is 13.6. The van der Waals surface area contributed by atoms with Crippen LogP contribution < -0.4 is 5.73 Å². The fourth-order valence-electron chi connectivity index (χ4n) is 2.32. The van der Waals surface area contributed by atoms with Gasteiger partial charge in [0.1, 0.15) is 12.1 Å². The Morgan fingerprint density at radius 2 is 2.11 bits per heavy atom. The SMILES string of the molecule is CC(C)COCCOC(=O)C1(N)CCCCC1C. The molecule has 0 aromatic carbocycles. The normalized spacial score (nSPS) is 28.4. The van der Waals surface area contributed by atoms with Gasteiger partial charge in [-0.1, -0.05) is 33.6 Å². The summed E-state index contributed by atoms with van der Waals surface area (Å²) >= 11 is 0. The molecule has 0 spiro atoms. The first kappa shape index (κ1) is 15.4. The van der Waals surface area contributed by atoms with Gasteiger partial charge in [-0.3, -0.25) is 4.79 Å². The van der Waals surface area contributed by atoms with Crippen molar-refractivity contribution in [3.05, 3.63) is 0 Å². The van der Waals surface area contributed by atoms with Gasteiger partial charge in [0.15, 0.2) is 0 Å². The first-order valence-corrected chi connectivity index (χ1v) is 7.00. The van der Waals surface area contributed by atoms with Gasteiger partial charge in [0.25, 0.3) is 0 Å². The molecule has 1 saturated carbocycles. The van der Waals surface area contributed by atoms with Crippen molar-refractivity contribution in [1.29, 1.82) is 0 Å². The Balaban J connectivity index is 2.27. The first-order valence-electron chi connectivity index (χ1n) is 7.00. The minimum Gasteiger partial charge on any atom is -0.462 e. The minimum absolute atomic E-state index is 0.204. The number of carbonyl (C=O) groups excluding carboxylic acids is 1. The third-order valence-corrected chi connectivity index (χ3v) is 3.65. The van der Waals surface area contributed by atoms with E-state index >= 15 is 0 Å². The third-order valence-electron chi connectivity index (χ3n) is 3.65. The van der Waals surface area contributed by atoms with Crippen LogP contribution in [0.15, 0.2) is 0 Å². The molecule has 4 nitrogen and oxygen atoms in total. The summed E-state index contributed by atoms with van der Waals surface area (Å²) in [7, 11) is 0.